The molecule has 0 spiro atoms. The minimum absolute atomic E-state index is 0.254. The summed E-state index contributed by atoms with van der Waals surface area (Å²) >= 11 is 2.13. The number of rotatable bonds is 2. The monoisotopic (exact) mass is 282 g/mol. The molecule has 0 bridgehead atoms. The van der Waals surface area contributed by atoms with Crippen molar-refractivity contribution in [3.8, 4) is 0 Å². The van der Waals surface area contributed by atoms with Crippen molar-refractivity contribution in [3.05, 3.63) is 0 Å². The Labute approximate surface area is 122 Å². The first kappa shape index (κ1) is 14.2. The molecule has 2 heterocycles. The van der Waals surface area contributed by atoms with E-state index in [-0.39, 0.29) is 5.54 Å². The second-order valence-electron chi connectivity index (χ2n) is 7.52. The van der Waals surface area contributed by atoms with Crippen molar-refractivity contribution >= 4 is 11.8 Å². The summed E-state index contributed by atoms with van der Waals surface area (Å²) in [4.78, 5) is 2.89. The van der Waals surface area contributed by atoms with E-state index in [9.17, 15) is 0 Å². The zero-order chi connectivity index (χ0) is 13.5. The smallest absolute Gasteiger partial charge is 0.0475 e. The maximum atomic E-state index is 6.37. The Kier molecular flexibility index (Phi) is 3.92. The second-order valence-corrected chi connectivity index (χ2v) is 8.62. The molecule has 3 rings (SSSR count). The van der Waals surface area contributed by atoms with E-state index in [1.807, 2.05) is 0 Å². The predicted octanol–water partition coefficient (Wildman–Crippen LogP) is 3.11. The number of fused-ring (bicyclic) bond motifs is 1. The van der Waals surface area contributed by atoms with Gasteiger partial charge in [-0.2, -0.15) is 11.8 Å². The van der Waals surface area contributed by atoms with Crippen molar-refractivity contribution in [1.82, 2.24) is 4.90 Å². The topological polar surface area (TPSA) is 29.3 Å². The zero-order valence-corrected chi connectivity index (χ0v) is 13.5. The van der Waals surface area contributed by atoms with Gasteiger partial charge in [-0.1, -0.05) is 20.3 Å². The first-order valence-electron chi connectivity index (χ1n) is 8.15. The van der Waals surface area contributed by atoms with Crippen LogP contribution in [0.4, 0.5) is 0 Å². The lowest BCUT2D eigenvalue weighted by atomic mass is 9.68. The van der Waals surface area contributed by atoms with Gasteiger partial charge in [0, 0.05) is 23.9 Å². The highest BCUT2D eigenvalue weighted by Crippen LogP contribution is 2.50. The van der Waals surface area contributed by atoms with E-state index >= 15 is 0 Å². The van der Waals surface area contributed by atoms with Gasteiger partial charge >= 0.3 is 0 Å². The molecule has 2 saturated heterocycles. The van der Waals surface area contributed by atoms with Crippen LogP contribution in [0.5, 0.6) is 0 Å². The van der Waals surface area contributed by atoms with Crippen molar-refractivity contribution in [2.75, 3.05) is 24.6 Å². The largest absolute Gasteiger partial charge is 0.329 e. The van der Waals surface area contributed by atoms with Gasteiger partial charge in [-0.05, 0) is 55.7 Å². The molecule has 1 saturated carbocycles. The van der Waals surface area contributed by atoms with Gasteiger partial charge in [-0.15, -0.1) is 0 Å². The second kappa shape index (κ2) is 5.23. The third-order valence-electron chi connectivity index (χ3n) is 6.35. The van der Waals surface area contributed by atoms with E-state index < -0.39 is 0 Å². The van der Waals surface area contributed by atoms with Crippen LogP contribution in [-0.4, -0.2) is 41.1 Å². The number of thioether (sulfide) groups is 1. The zero-order valence-electron chi connectivity index (χ0n) is 12.7. The summed E-state index contributed by atoms with van der Waals surface area (Å²) in [5.74, 6) is 3.54. The molecule has 2 nitrogen and oxygen atoms in total. The third kappa shape index (κ3) is 2.16. The Balaban J connectivity index is 1.91. The number of nitrogens with two attached hydrogens (primary N) is 1. The molecule has 2 aliphatic heterocycles. The number of nitrogens with zero attached hydrogens (tertiary/aromatic N) is 1. The SMILES string of the molecule is CC1(C)CCSCC1(CN)N1CCCC2CCCC21. The van der Waals surface area contributed by atoms with Crippen LogP contribution in [0, 0.1) is 11.3 Å². The van der Waals surface area contributed by atoms with Crippen LogP contribution in [-0.2, 0) is 0 Å². The van der Waals surface area contributed by atoms with E-state index in [1.165, 1.54) is 56.6 Å². The highest BCUT2D eigenvalue weighted by molar-refractivity contribution is 7.99. The predicted molar refractivity (Wildman–Crippen MR) is 84.6 cm³/mol. The molecule has 3 atom stereocenters. The van der Waals surface area contributed by atoms with Crippen LogP contribution in [0.1, 0.15) is 52.4 Å². The molecule has 3 fully saturated rings. The van der Waals surface area contributed by atoms with Crippen LogP contribution in [0.3, 0.4) is 0 Å². The highest BCUT2D eigenvalue weighted by atomic mass is 32.2. The molecule has 0 aromatic rings. The summed E-state index contributed by atoms with van der Waals surface area (Å²) in [6.45, 7) is 7.08. The fourth-order valence-electron chi connectivity index (χ4n) is 4.91. The standard InChI is InChI=1S/C16H30N2S/c1-15(2)8-10-19-12-16(15,11-17)18-9-4-6-13-5-3-7-14(13)18/h13-14H,3-12,17H2,1-2H3. The van der Waals surface area contributed by atoms with E-state index in [0.29, 0.717) is 5.41 Å². The first-order chi connectivity index (χ1) is 9.11. The summed E-state index contributed by atoms with van der Waals surface area (Å²) < 4.78 is 0. The molecular weight excluding hydrogens is 252 g/mol. The molecule has 0 aromatic heterocycles. The third-order valence-corrected chi connectivity index (χ3v) is 7.53. The van der Waals surface area contributed by atoms with Gasteiger partial charge in [-0.3, -0.25) is 4.90 Å². The highest BCUT2D eigenvalue weighted by Gasteiger charge is 2.53. The van der Waals surface area contributed by atoms with E-state index in [4.69, 9.17) is 5.73 Å². The van der Waals surface area contributed by atoms with Crippen molar-refractivity contribution < 1.29 is 0 Å². The lowest BCUT2D eigenvalue weighted by Crippen LogP contribution is -2.69. The number of hydrogen-bond acceptors (Lipinski definition) is 3. The van der Waals surface area contributed by atoms with Crippen LogP contribution in [0.2, 0.25) is 0 Å². The van der Waals surface area contributed by atoms with Gasteiger partial charge < -0.3 is 5.73 Å². The molecule has 3 aliphatic rings. The van der Waals surface area contributed by atoms with E-state index in [1.54, 1.807) is 0 Å². The molecule has 1 aliphatic carbocycles. The minimum Gasteiger partial charge on any atom is -0.329 e. The Bertz CT molecular complexity index is 331. The van der Waals surface area contributed by atoms with Gasteiger partial charge in [-0.25, -0.2) is 0 Å². The Morgan fingerprint density at radius 1 is 1.21 bits per heavy atom. The molecule has 19 heavy (non-hydrogen) atoms. The fraction of sp³-hybridized carbons (Fsp3) is 1.00. The average Bonchev–Trinajstić information content (AvgIpc) is 2.87. The van der Waals surface area contributed by atoms with Gasteiger partial charge in [0.2, 0.25) is 0 Å². The van der Waals surface area contributed by atoms with Crippen molar-refractivity contribution in [2.24, 2.45) is 17.1 Å². The number of likely N-dealkylation sites (tertiary alicyclic amines) is 1. The lowest BCUT2D eigenvalue weighted by molar-refractivity contribution is -0.0551. The Morgan fingerprint density at radius 3 is 2.74 bits per heavy atom. The minimum atomic E-state index is 0.254. The summed E-state index contributed by atoms with van der Waals surface area (Å²) in [6, 6.07) is 0.843. The molecule has 110 valence electrons. The summed E-state index contributed by atoms with van der Waals surface area (Å²) in [6.07, 6.45) is 8.52. The Morgan fingerprint density at radius 2 is 2.00 bits per heavy atom. The first-order valence-corrected chi connectivity index (χ1v) is 9.31. The molecule has 0 aromatic carbocycles. The van der Waals surface area contributed by atoms with Gasteiger partial charge in [0.05, 0.1) is 0 Å². The van der Waals surface area contributed by atoms with Crippen LogP contribution >= 0.6 is 11.8 Å². The molecule has 2 N–H and O–H groups in total. The molecule has 3 heteroatoms. The summed E-state index contributed by atoms with van der Waals surface area (Å²) in [5.41, 5.74) is 7.00. The molecule has 3 unspecified atom stereocenters. The maximum absolute atomic E-state index is 6.37. The van der Waals surface area contributed by atoms with E-state index in [2.05, 4.69) is 30.5 Å². The van der Waals surface area contributed by atoms with Gasteiger partial charge in [0.15, 0.2) is 0 Å². The summed E-state index contributed by atoms with van der Waals surface area (Å²) in [7, 11) is 0. The fourth-order valence-corrected chi connectivity index (χ4v) is 6.72. The lowest BCUT2D eigenvalue weighted by Gasteiger charge is -2.59. The van der Waals surface area contributed by atoms with Crippen molar-refractivity contribution in [3.63, 3.8) is 0 Å². The van der Waals surface area contributed by atoms with Crippen molar-refractivity contribution in [1.29, 1.82) is 0 Å². The van der Waals surface area contributed by atoms with Crippen LogP contribution in [0.25, 0.3) is 0 Å². The quantitative estimate of drug-likeness (QED) is 0.844. The van der Waals surface area contributed by atoms with Gasteiger partial charge in [0.1, 0.15) is 0 Å². The van der Waals surface area contributed by atoms with Crippen LogP contribution < -0.4 is 5.73 Å². The number of hydrogen-bond donors (Lipinski definition) is 1. The van der Waals surface area contributed by atoms with Gasteiger partial charge in [0.25, 0.3) is 0 Å². The normalized spacial score (nSPS) is 43.1. The van der Waals surface area contributed by atoms with Crippen molar-refractivity contribution in [2.45, 2.75) is 64.0 Å². The summed E-state index contributed by atoms with van der Waals surface area (Å²) in [5, 5.41) is 0. The van der Waals surface area contributed by atoms with Crippen LogP contribution in [0.15, 0.2) is 0 Å². The molecule has 0 amide bonds. The maximum Gasteiger partial charge on any atom is 0.0475 e. The average molecular weight is 282 g/mol. The molecular formula is C16H30N2S. The number of piperidine rings is 1. The van der Waals surface area contributed by atoms with E-state index in [0.717, 1.165) is 18.5 Å². The molecule has 0 radical (unpaired) electrons. The Hall–Kier alpha value is 0.270.